The first-order valence-corrected chi connectivity index (χ1v) is 8.27. The van der Waals surface area contributed by atoms with E-state index in [0.717, 1.165) is 18.4 Å². The number of sulfone groups is 1. The van der Waals surface area contributed by atoms with Crippen molar-refractivity contribution in [2.75, 3.05) is 12.0 Å². The summed E-state index contributed by atoms with van der Waals surface area (Å²) < 4.78 is 22.0. The Morgan fingerprint density at radius 2 is 2.00 bits per heavy atom. The summed E-state index contributed by atoms with van der Waals surface area (Å²) in [5.41, 5.74) is 2.31. The highest BCUT2D eigenvalue weighted by Crippen LogP contribution is 2.10. The van der Waals surface area contributed by atoms with Gasteiger partial charge in [-0.15, -0.1) is 0 Å². The van der Waals surface area contributed by atoms with Crippen molar-refractivity contribution in [1.82, 2.24) is 0 Å². The number of unbranched alkanes of at least 4 members (excludes halogenated alkanes) is 1. The van der Waals surface area contributed by atoms with E-state index in [0.29, 0.717) is 13.0 Å². The van der Waals surface area contributed by atoms with Crippen LogP contribution in [-0.4, -0.2) is 25.6 Å². The molecule has 0 saturated heterocycles. The molecule has 18 heavy (non-hydrogen) atoms. The summed E-state index contributed by atoms with van der Waals surface area (Å²) in [6, 6.07) is 8.11. The van der Waals surface area contributed by atoms with Crippen molar-refractivity contribution in [3.63, 3.8) is 0 Å². The van der Waals surface area contributed by atoms with Crippen molar-refractivity contribution in [3.05, 3.63) is 35.4 Å². The van der Waals surface area contributed by atoms with E-state index in [9.17, 15) is 8.42 Å². The molecule has 0 aromatic heterocycles. The van der Waals surface area contributed by atoms with E-state index in [1.54, 1.807) is 0 Å². The molecule has 1 aromatic carbocycles. The molecular formula is C13H17NO2S2. The molecule has 3 nitrogen and oxygen atoms in total. The van der Waals surface area contributed by atoms with Crippen LogP contribution in [0.25, 0.3) is 0 Å². The highest BCUT2D eigenvalue weighted by molar-refractivity contribution is 7.90. The predicted octanol–water partition coefficient (Wildman–Crippen LogP) is 2.66. The maximum absolute atomic E-state index is 11.0. The van der Waals surface area contributed by atoms with Crippen molar-refractivity contribution < 1.29 is 8.42 Å². The molecule has 0 aliphatic carbocycles. The largest absolute Gasteiger partial charge is 0.229 e. The lowest BCUT2D eigenvalue weighted by molar-refractivity contribution is 0.597. The summed E-state index contributed by atoms with van der Waals surface area (Å²) in [5, 5.41) is 2.35. The zero-order valence-corrected chi connectivity index (χ0v) is 12.1. The van der Waals surface area contributed by atoms with Gasteiger partial charge in [0.1, 0.15) is 9.84 Å². The van der Waals surface area contributed by atoms with Crippen LogP contribution in [0.1, 0.15) is 24.0 Å². The van der Waals surface area contributed by atoms with Crippen LogP contribution < -0.4 is 0 Å². The molecule has 0 unspecified atom stereocenters. The van der Waals surface area contributed by atoms with E-state index in [4.69, 9.17) is 0 Å². The fourth-order valence-corrected chi connectivity index (χ4v) is 2.49. The SMILES string of the molecule is CS(=O)(=O)CCCCc1cccc(CN=C=S)c1. The number of nitrogens with zero attached hydrogens (tertiary/aromatic N) is 1. The minimum atomic E-state index is -2.83. The quantitative estimate of drug-likeness (QED) is 0.439. The third-order valence-electron chi connectivity index (χ3n) is 2.55. The Labute approximate surface area is 114 Å². The van der Waals surface area contributed by atoms with E-state index in [1.807, 2.05) is 18.2 Å². The molecule has 1 aromatic rings. The Bertz CT molecular complexity index is 532. The number of rotatable bonds is 7. The molecule has 98 valence electrons. The lowest BCUT2D eigenvalue weighted by Gasteiger charge is -2.03. The van der Waals surface area contributed by atoms with E-state index >= 15 is 0 Å². The lowest BCUT2D eigenvalue weighted by Crippen LogP contribution is -2.03. The van der Waals surface area contributed by atoms with Crippen molar-refractivity contribution in [1.29, 1.82) is 0 Å². The smallest absolute Gasteiger partial charge is 0.147 e. The number of benzene rings is 1. The second-order valence-electron chi connectivity index (χ2n) is 4.31. The Balaban J connectivity index is 2.45. The lowest BCUT2D eigenvalue weighted by atomic mass is 10.1. The average molecular weight is 283 g/mol. The first kappa shape index (κ1) is 15.0. The van der Waals surface area contributed by atoms with Crippen LogP contribution in [0.5, 0.6) is 0 Å². The van der Waals surface area contributed by atoms with Crippen LogP contribution in [0, 0.1) is 0 Å². The summed E-state index contributed by atoms with van der Waals surface area (Å²) in [6.45, 7) is 0.556. The molecule has 0 bridgehead atoms. The van der Waals surface area contributed by atoms with Gasteiger partial charge in [0.2, 0.25) is 0 Å². The number of isothiocyanates is 1. The van der Waals surface area contributed by atoms with Crippen LogP contribution >= 0.6 is 12.2 Å². The summed E-state index contributed by atoms with van der Waals surface area (Å²) in [5.74, 6) is 0.266. The third-order valence-corrected chi connectivity index (χ3v) is 3.71. The minimum absolute atomic E-state index is 0.266. The van der Waals surface area contributed by atoms with Gasteiger partial charge in [0.25, 0.3) is 0 Å². The van der Waals surface area contributed by atoms with Gasteiger partial charge in [-0.1, -0.05) is 24.3 Å². The molecule has 0 radical (unpaired) electrons. The summed E-state index contributed by atoms with van der Waals surface area (Å²) in [7, 11) is -2.83. The number of aryl methyl sites for hydroxylation is 1. The zero-order valence-electron chi connectivity index (χ0n) is 10.4. The Morgan fingerprint density at radius 3 is 2.67 bits per heavy atom. The fraction of sp³-hybridized carbons (Fsp3) is 0.462. The molecule has 0 spiro atoms. The molecule has 0 atom stereocenters. The van der Waals surface area contributed by atoms with Gasteiger partial charge < -0.3 is 0 Å². The second kappa shape index (κ2) is 7.41. The van der Waals surface area contributed by atoms with Crippen molar-refractivity contribution in [2.24, 2.45) is 4.99 Å². The molecule has 0 aliphatic rings. The van der Waals surface area contributed by atoms with E-state index in [2.05, 4.69) is 28.4 Å². The first-order chi connectivity index (χ1) is 8.51. The molecular weight excluding hydrogens is 266 g/mol. The van der Waals surface area contributed by atoms with Crippen LogP contribution in [0.2, 0.25) is 0 Å². The monoisotopic (exact) mass is 283 g/mol. The number of hydrogen-bond acceptors (Lipinski definition) is 4. The van der Waals surface area contributed by atoms with Crippen LogP contribution in [0.15, 0.2) is 29.3 Å². The number of hydrogen-bond donors (Lipinski definition) is 0. The van der Waals surface area contributed by atoms with Gasteiger partial charge in [-0.25, -0.2) is 13.4 Å². The first-order valence-electron chi connectivity index (χ1n) is 5.80. The molecule has 0 N–H and O–H groups in total. The number of thiocarbonyl (C=S) groups is 1. The van der Waals surface area contributed by atoms with Crippen molar-refractivity contribution >= 4 is 27.2 Å². The fourth-order valence-electron chi connectivity index (χ4n) is 1.70. The third kappa shape index (κ3) is 6.64. The maximum Gasteiger partial charge on any atom is 0.147 e. The summed E-state index contributed by atoms with van der Waals surface area (Å²) >= 11 is 4.53. The topological polar surface area (TPSA) is 46.5 Å². The molecule has 1 rings (SSSR count). The standard InChI is InChI=1S/C13H17NO2S2/c1-18(15,16)8-3-2-5-12-6-4-7-13(9-12)10-14-11-17/h4,6-7,9H,2-3,5,8,10H2,1H3. The molecule has 0 saturated carbocycles. The van der Waals surface area contributed by atoms with Gasteiger partial charge in [-0.2, -0.15) is 0 Å². The van der Waals surface area contributed by atoms with Crippen LogP contribution in [0.4, 0.5) is 0 Å². The Hall–Kier alpha value is -1.03. The predicted molar refractivity (Wildman–Crippen MR) is 77.8 cm³/mol. The normalized spacial score (nSPS) is 10.9. The molecule has 0 fully saturated rings. The average Bonchev–Trinajstić information content (AvgIpc) is 2.31. The van der Waals surface area contributed by atoms with E-state index in [1.165, 1.54) is 11.8 Å². The van der Waals surface area contributed by atoms with E-state index in [-0.39, 0.29) is 5.75 Å². The summed E-state index contributed by atoms with van der Waals surface area (Å²) in [6.07, 6.45) is 3.76. The Kier molecular flexibility index (Phi) is 6.19. The second-order valence-corrected chi connectivity index (χ2v) is 6.76. The van der Waals surface area contributed by atoms with E-state index < -0.39 is 9.84 Å². The Morgan fingerprint density at radius 1 is 1.28 bits per heavy atom. The molecule has 5 heteroatoms. The molecule has 0 heterocycles. The minimum Gasteiger partial charge on any atom is -0.229 e. The number of aliphatic imine (C=N–C) groups is 1. The van der Waals surface area contributed by atoms with Crippen LogP contribution in [0.3, 0.4) is 0 Å². The van der Waals surface area contributed by atoms with Gasteiger partial charge >= 0.3 is 0 Å². The van der Waals surface area contributed by atoms with Gasteiger partial charge in [0, 0.05) is 12.0 Å². The summed E-state index contributed by atoms with van der Waals surface area (Å²) in [4.78, 5) is 3.90. The molecule has 0 amide bonds. The van der Waals surface area contributed by atoms with Gasteiger partial charge in [0.05, 0.1) is 11.7 Å². The highest BCUT2D eigenvalue weighted by atomic mass is 32.2. The maximum atomic E-state index is 11.0. The van der Waals surface area contributed by atoms with Crippen molar-refractivity contribution in [2.45, 2.75) is 25.8 Å². The molecule has 0 aliphatic heterocycles. The van der Waals surface area contributed by atoms with Crippen LogP contribution in [-0.2, 0) is 22.8 Å². The zero-order chi connectivity index (χ0) is 13.4. The van der Waals surface area contributed by atoms with Gasteiger partial charge in [0.15, 0.2) is 0 Å². The van der Waals surface area contributed by atoms with Gasteiger partial charge in [-0.3, -0.25) is 0 Å². The highest BCUT2D eigenvalue weighted by Gasteiger charge is 2.02. The van der Waals surface area contributed by atoms with Crippen molar-refractivity contribution in [3.8, 4) is 0 Å². The van der Waals surface area contributed by atoms with Gasteiger partial charge in [-0.05, 0) is 42.6 Å².